The molecule has 9 nitrogen and oxygen atoms in total. The normalized spacial score (nSPS) is 10.8. The molecule has 0 unspecified atom stereocenters. The molecule has 1 N–H and O–H groups in total. The molecule has 162 valence electrons. The summed E-state index contributed by atoms with van der Waals surface area (Å²) in [6.45, 7) is 1.82. The fourth-order valence-corrected chi connectivity index (χ4v) is 3.12. The van der Waals surface area contributed by atoms with Crippen molar-refractivity contribution in [2.45, 2.75) is 6.92 Å². The molecule has 2 heterocycles. The summed E-state index contributed by atoms with van der Waals surface area (Å²) in [4.78, 5) is 34.7. The van der Waals surface area contributed by atoms with E-state index in [4.69, 9.17) is 4.74 Å². The molecule has 0 radical (unpaired) electrons. The largest absolute Gasteiger partial charge is 0.457 e. The Kier molecular flexibility index (Phi) is 5.55. The third-order valence-electron chi connectivity index (χ3n) is 4.72. The second kappa shape index (κ2) is 8.46. The summed E-state index contributed by atoms with van der Waals surface area (Å²) in [7, 11) is 5.20. The second-order valence-electron chi connectivity index (χ2n) is 7.53. The van der Waals surface area contributed by atoms with Gasteiger partial charge in [-0.2, -0.15) is 5.10 Å². The Balaban J connectivity index is 1.64. The molecule has 4 aromatic rings. The lowest BCUT2D eigenvalue weighted by Crippen LogP contribution is -2.21. The number of fused-ring (bicyclic) bond motifs is 1. The Bertz CT molecular complexity index is 1290. The molecule has 0 fully saturated rings. The molecule has 2 amide bonds. The molecule has 2 aromatic carbocycles. The van der Waals surface area contributed by atoms with Crippen LogP contribution in [0.2, 0.25) is 0 Å². The Morgan fingerprint density at radius 2 is 1.78 bits per heavy atom. The molecule has 0 aliphatic heterocycles. The quantitative estimate of drug-likeness (QED) is 0.521. The average Bonchev–Trinajstić information content (AvgIpc) is 3.15. The van der Waals surface area contributed by atoms with Gasteiger partial charge in [-0.3, -0.25) is 19.3 Å². The van der Waals surface area contributed by atoms with E-state index >= 15 is 0 Å². The van der Waals surface area contributed by atoms with Gasteiger partial charge in [-0.05, 0) is 43.3 Å². The molecule has 0 aliphatic carbocycles. The second-order valence-corrected chi connectivity index (χ2v) is 7.53. The lowest BCUT2D eigenvalue weighted by Gasteiger charge is -2.12. The van der Waals surface area contributed by atoms with Crippen LogP contribution in [0.1, 0.15) is 26.4 Å². The van der Waals surface area contributed by atoms with Crippen LogP contribution in [0.3, 0.4) is 0 Å². The van der Waals surface area contributed by atoms with E-state index in [0.29, 0.717) is 34.0 Å². The maximum absolute atomic E-state index is 12.8. The van der Waals surface area contributed by atoms with Gasteiger partial charge < -0.3 is 15.0 Å². The van der Waals surface area contributed by atoms with Crippen molar-refractivity contribution < 1.29 is 14.3 Å². The van der Waals surface area contributed by atoms with Crippen LogP contribution in [0.4, 0.5) is 5.82 Å². The van der Waals surface area contributed by atoms with Crippen LogP contribution in [-0.4, -0.2) is 50.6 Å². The van der Waals surface area contributed by atoms with Crippen molar-refractivity contribution in [2.24, 2.45) is 7.05 Å². The highest BCUT2D eigenvalue weighted by Crippen LogP contribution is 2.31. The summed E-state index contributed by atoms with van der Waals surface area (Å²) in [5.41, 5.74) is 2.30. The monoisotopic (exact) mass is 430 g/mol. The highest BCUT2D eigenvalue weighted by molar-refractivity contribution is 6.06. The number of ether oxygens (including phenoxy) is 1. The zero-order chi connectivity index (χ0) is 22.8. The van der Waals surface area contributed by atoms with Crippen LogP contribution < -0.4 is 10.1 Å². The molecule has 4 rings (SSSR count). The van der Waals surface area contributed by atoms with Crippen LogP contribution in [0.15, 0.2) is 55.0 Å². The number of amides is 2. The topological polar surface area (TPSA) is 102 Å². The number of carbonyl (C=O) groups is 2. The number of aryl methyl sites for hydroxylation is 2. The van der Waals surface area contributed by atoms with E-state index < -0.39 is 0 Å². The summed E-state index contributed by atoms with van der Waals surface area (Å²) in [6.07, 6.45) is 4.90. The summed E-state index contributed by atoms with van der Waals surface area (Å²) < 4.78 is 7.73. The van der Waals surface area contributed by atoms with E-state index in [1.807, 2.05) is 13.1 Å². The lowest BCUT2D eigenvalue weighted by molar-refractivity contribution is 0.0827. The minimum Gasteiger partial charge on any atom is -0.457 e. The van der Waals surface area contributed by atoms with Crippen LogP contribution in [0, 0.1) is 6.92 Å². The van der Waals surface area contributed by atoms with Gasteiger partial charge >= 0.3 is 0 Å². The molecule has 0 aliphatic rings. The molecule has 32 heavy (non-hydrogen) atoms. The summed E-state index contributed by atoms with van der Waals surface area (Å²) in [6, 6.07) is 10.2. The molecular weight excluding hydrogens is 408 g/mol. The Morgan fingerprint density at radius 1 is 1.03 bits per heavy atom. The van der Waals surface area contributed by atoms with Gasteiger partial charge in [0.15, 0.2) is 5.82 Å². The SMILES string of the molecule is Cc1cnc(NC(=O)c2cc(Oc3ccc(C(=O)N(C)C)cc3)c3cn(C)nc3c2)cn1. The fraction of sp³-hybridized carbons (Fsp3) is 0.174. The van der Waals surface area contributed by atoms with E-state index in [0.717, 1.165) is 11.1 Å². The first-order chi connectivity index (χ1) is 15.3. The van der Waals surface area contributed by atoms with Crippen molar-refractivity contribution in [3.8, 4) is 11.5 Å². The van der Waals surface area contributed by atoms with E-state index in [1.165, 1.54) is 11.1 Å². The van der Waals surface area contributed by atoms with Crippen LogP contribution >= 0.6 is 0 Å². The van der Waals surface area contributed by atoms with E-state index in [9.17, 15) is 9.59 Å². The van der Waals surface area contributed by atoms with Gasteiger partial charge in [0.05, 0.1) is 29.0 Å². The van der Waals surface area contributed by atoms with Gasteiger partial charge in [-0.1, -0.05) is 0 Å². The molecule has 0 saturated carbocycles. The van der Waals surface area contributed by atoms with Gasteiger partial charge in [-0.25, -0.2) is 4.98 Å². The van der Waals surface area contributed by atoms with Crippen LogP contribution in [-0.2, 0) is 7.05 Å². The highest BCUT2D eigenvalue weighted by atomic mass is 16.5. The number of benzene rings is 2. The molecule has 0 atom stereocenters. The Labute approximate surface area is 184 Å². The predicted octanol–water partition coefficient (Wildman–Crippen LogP) is 3.42. The number of nitrogens with zero attached hydrogens (tertiary/aromatic N) is 5. The van der Waals surface area contributed by atoms with Crippen LogP contribution in [0.5, 0.6) is 11.5 Å². The molecular formula is C23H22N6O3. The number of hydrogen-bond donors (Lipinski definition) is 1. The lowest BCUT2D eigenvalue weighted by atomic mass is 10.1. The molecule has 9 heteroatoms. The van der Waals surface area contributed by atoms with Gasteiger partial charge in [-0.15, -0.1) is 0 Å². The maximum Gasteiger partial charge on any atom is 0.257 e. The fourth-order valence-electron chi connectivity index (χ4n) is 3.12. The minimum atomic E-state index is -0.354. The molecule has 0 spiro atoms. The zero-order valence-electron chi connectivity index (χ0n) is 18.2. The third-order valence-corrected chi connectivity index (χ3v) is 4.72. The number of carbonyl (C=O) groups excluding carboxylic acids is 2. The first kappa shape index (κ1) is 21.0. The standard InChI is InChI=1S/C23H22N6O3/c1-14-11-25-21(12-24-14)26-22(30)16-9-19-18(13-29(4)27-19)20(10-16)32-17-7-5-15(6-8-17)23(31)28(2)3/h5-13H,1-4H3,(H,25,26,30). The summed E-state index contributed by atoms with van der Waals surface area (Å²) in [5, 5.41) is 7.90. The van der Waals surface area contributed by atoms with Crippen molar-refractivity contribution in [1.29, 1.82) is 0 Å². The smallest absolute Gasteiger partial charge is 0.257 e. The van der Waals surface area contributed by atoms with Gasteiger partial charge in [0.2, 0.25) is 0 Å². The predicted molar refractivity (Wildman–Crippen MR) is 120 cm³/mol. The minimum absolute atomic E-state index is 0.0935. The van der Waals surface area contributed by atoms with E-state index in [1.54, 1.807) is 68.4 Å². The maximum atomic E-state index is 12.8. The highest BCUT2D eigenvalue weighted by Gasteiger charge is 2.16. The van der Waals surface area contributed by atoms with Gasteiger partial charge in [0, 0.05) is 38.5 Å². The molecule has 2 aromatic heterocycles. The van der Waals surface area contributed by atoms with E-state index in [-0.39, 0.29) is 11.8 Å². The molecule has 0 bridgehead atoms. The van der Waals surface area contributed by atoms with Gasteiger partial charge in [0.25, 0.3) is 11.8 Å². The summed E-state index contributed by atoms with van der Waals surface area (Å²) in [5.74, 6) is 0.914. The van der Waals surface area contributed by atoms with Crippen molar-refractivity contribution in [2.75, 3.05) is 19.4 Å². The number of rotatable bonds is 5. The Morgan fingerprint density at radius 3 is 2.44 bits per heavy atom. The van der Waals surface area contributed by atoms with Crippen LogP contribution in [0.25, 0.3) is 10.9 Å². The van der Waals surface area contributed by atoms with Crippen molar-refractivity contribution in [3.05, 3.63) is 71.8 Å². The number of anilines is 1. The Hall–Kier alpha value is -4.27. The number of nitrogens with one attached hydrogen (secondary N) is 1. The third kappa shape index (κ3) is 4.41. The average molecular weight is 430 g/mol. The van der Waals surface area contributed by atoms with Crippen molar-refractivity contribution in [1.82, 2.24) is 24.6 Å². The van der Waals surface area contributed by atoms with E-state index in [2.05, 4.69) is 20.4 Å². The first-order valence-corrected chi connectivity index (χ1v) is 9.87. The first-order valence-electron chi connectivity index (χ1n) is 9.87. The van der Waals surface area contributed by atoms with Gasteiger partial charge in [0.1, 0.15) is 11.5 Å². The number of hydrogen-bond acceptors (Lipinski definition) is 6. The van der Waals surface area contributed by atoms with Crippen molar-refractivity contribution in [3.63, 3.8) is 0 Å². The molecule has 0 saturated heterocycles. The zero-order valence-corrected chi connectivity index (χ0v) is 18.2. The van der Waals surface area contributed by atoms with Crippen molar-refractivity contribution >= 4 is 28.5 Å². The summed E-state index contributed by atoms with van der Waals surface area (Å²) >= 11 is 0. The number of aromatic nitrogens is 4.